The summed E-state index contributed by atoms with van der Waals surface area (Å²) in [5.41, 5.74) is 3.36. The van der Waals surface area contributed by atoms with Gasteiger partial charge in [-0.15, -0.1) is 0 Å². The predicted octanol–water partition coefficient (Wildman–Crippen LogP) is 10.1. The van der Waals surface area contributed by atoms with E-state index in [0.717, 1.165) is 34.3 Å². The molecule has 0 spiro atoms. The summed E-state index contributed by atoms with van der Waals surface area (Å²) in [6, 6.07) is 39.3. The van der Waals surface area contributed by atoms with Crippen LogP contribution in [-0.4, -0.2) is 40.5 Å². The standard InChI is InChI=1S/C43H56O5Si/c1-32(29-44)40(46-31-35-25-27-39(45-7)28-26-35)34(3)41(48-49(8,9)42(4,5)6)33(2)30-47-43(36-19-13-10-14-20-36,37-21-15-11-16-22-37)38-23-17-12-18-24-38/h10-29,32-34,40-41H,30-31H2,1-9H3/t32-,33-,34+,40-,41+/m0/s1. The Hall–Kier alpha value is -3.55. The minimum atomic E-state index is -2.26. The van der Waals surface area contributed by atoms with Gasteiger partial charge >= 0.3 is 0 Å². The van der Waals surface area contributed by atoms with E-state index in [1.54, 1.807) is 7.11 Å². The van der Waals surface area contributed by atoms with E-state index >= 15 is 0 Å². The molecule has 0 aliphatic rings. The number of ether oxygens (including phenoxy) is 3. The number of rotatable bonds is 17. The van der Waals surface area contributed by atoms with Gasteiger partial charge in [-0.25, -0.2) is 0 Å². The van der Waals surface area contributed by atoms with Gasteiger partial charge in [-0.3, -0.25) is 0 Å². The van der Waals surface area contributed by atoms with E-state index in [4.69, 9.17) is 18.6 Å². The Morgan fingerprint density at radius 2 is 1.16 bits per heavy atom. The third-order valence-corrected chi connectivity index (χ3v) is 14.7. The SMILES string of the molecule is COc1ccc(CO[C@H]([C@@H](C)[C@H](O[Si](C)(C)C(C)(C)C)[C@@H](C)COC(c2ccccc2)(c2ccccc2)c2ccccc2)[C@@H](C)C=O)cc1. The van der Waals surface area contributed by atoms with Crippen LogP contribution < -0.4 is 4.74 Å². The monoisotopic (exact) mass is 680 g/mol. The number of benzene rings is 4. The Bertz CT molecular complexity index is 1450. The van der Waals surface area contributed by atoms with Crippen molar-refractivity contribution in [1.29, 1.82) is 0 Å². The van der Waals surface area contributed by atoms with Gasteiger partial charge in [0, 0.05) is 17.8 Å². The van der Waals surface area contributed by atoms with Gasteiger partial charge in [-0.1, -0.05) is 145 Å². The summed E-state index contributed by atoms with van der Waals surface area (Å²) in [5.74, 6) is 0.324. The summed E-state index contributed by atoms with van der Waals surface area (Å²) in [6.07, 6.45) is 0.411. The van der Waals surface area contributed by atoms with Crippen molar-refractivity contribution in [3.05, 3.63) is 138 Å². The first-order chi connectivity index (χ1) is 23.3. The highest BCUT2D eigenvalue weighted by Gasteiger charge is 2.45. The molecule has 4 aromatic carbocycles. The highest BCUT2D eigenvalue weighted by molar-refractivity contribution is 6.74. The lowest BCUT2D eigenvalue weighted by Gasteiger charge is -2.45. The van der Waals surface area contributed by atoms with Crippen LogP contribution in [0.25, 0.3) is 0 Å². The van der Waals surface area contributed by atoms with Gasteiger partial charge in [0.25, 0.3) is 0 Å². The molecule has 0 fully saturated rings. The Balaban J connectivity index is 1.73. The van der Waals surface area contributed by atoms with Crippen molar-refractivity contribution >= 4 is 14.6 Å². The van der Waals surface area contributed by atoms with Crippen LogP contribution in [-0.2, 0) is 30.9 Å². The molecule has 0 heterocycles. The zero-order chi connectivity index (χ0) is 35.7. The van der Waals surface area contributed by atoms with E-state index in [2.05, 4.69) is 121 Å². The van der Waals surface area contributed by atoms with E-state index in [1.165, 1.54) is 0 Å². The van der Waals surface area contributed by atoms with Crippen LogP contribution in [0, 0.1) is 17.8 Å². The number of carbonyl (C=O) groups excluding carboxylic acids is 1. The van der Waals surface area contributed by atoms with Gasteiger partial charge in [0.05, 0.1) is 32.5 Å². The van der Waals surface area contributed by atoms with Crippen LogP contribution in [0.1, 0.15) is 63.8 Å². The minimum absolute atomic E-state index is 0.0108. The molecule has 5 nitrogen and oxygen atoms in total. The molecular formula is C43H56O5Si. The molecule has 49 heavy (non-hydrogen) atoms. The molecule has 0 aliphatic heterocycles. The average Bonchev–Trinajstić information content (AvgIpc) is 3.11. The largest absolute Gasteiger partial charge is 0.497 e. The first kappa shape index (κ1) is 38.3. The molecule has 4 rings (SSSR count). The molecule has 0 saturated heterocycles. The molecule has 0 unspecified atom stereocenters. The molecule has 0 aromatic heterocycles. The Morgan fingerprint density at radius 1 is 0.694 bits per heavy atom. The van der Waals surface area contributed by atoms with Gasteiger partial charge in [0.1, 0.15) is 17.6 Å². The highest BCUT2D eigenvalue weighted by Crippen LogP contribution is 2.43. The van der Waals surface area contributed by atoms with E-state index in [1.807, 2.05) is 49.4 Å². The van der Waals surface area contributed by atoms with Gasteiger partial charge in [-0.2, -0.15) is 0 Å². The molecule has 0 amide bonds. The maximum atomic E-state index is 12.4. The summed E-state index contributed by atoms with van der Waals surface area (Å²) in [5, 5.41) is -0.0108. The van der Waals surface area contributed by atoms with Crippen LogP contribution in [0.5, 0.6) is 5.75 Å². The number of methoxy groups -OCH3 is 1. The zero-order valence-corrected chi connectivity index (χ0v) is 31.9. The molecule has 0 saturated carbocycles. The first-order valence-electron chi connectivity index (χ1n) is 17.5. The van der Waals surface area contributed by atoms with Gasteiger partial charge in [0.2, 0.25) is 0 Å². The van der Waals surface area contributed by atoms with Crippen molar-refractivity contribution in [3.63, 3.8) is 0 Å². The quantitative estimate of drug-likeness (QED) is 0.0631. The van der Waals surface area contributed by atoms with E-state index < -0.39 is 13.9 Å². The van der Waals surface area contributed by atoms with Gasteiger partial charge < -0.3 is 23.4 Å². The number of hydrogen-bond acceptors (Lipinski definition) is 5. The summed E-state index contributed by atoms with van der Waals surface area (Å²) in [7, 11) is -0.603. The molecule has 0 radical (unpaired) electrons. The second-order valence-electron chi connectivity index (χ2n) is 14.9. The number of carbonyl (C=O) groups is 1. The number of hydrogen-bond donors (Lipinski definition) is 0. The zero-order valence-electron chi connectivity index (χ0n) is 30.9. The fourth-order valence-corrected chi connectivity index (χ4v) is 7.82. The molecule has 262 valence electrons. The normalized spacial score (nSPS) is 15.5. The third kappa shape index (κ3) is 9.17. The Morgan fingerprint density at radius 3 is 1.57 bits per heavy atom. The lowest BCUT2D eigenvalue weighted by atomic mass is 9.79. The second-order valence-corrected chi connectivity index (χ2v) is 19.6. The maximum Gasteiger partial charge on any atom is 0.192 e. The van der Waals surface area contributed by atoms with Crippen LogP contribution in [0.4, 0.5) is 0 Å². The van der Waals surface area contributed by atoms with Crippen molar-refractivity contribution in [2.75, 3.05) is 13.7 Å². The molecule has 0 aliphatic carbocycles. The summed E-state index contributed by atoms with van der Waals surface area (Å²) in [4.78, 5) is 12.4. The maximum absolute atomic E-state index is 12.4. The average molecular weight is 681 g/mol. The van der Waals surface area contributed by atoms with Gasteiger partial charge in [-0.05, 0) is 52.5 Å². The fourth-order valence-electron chi connectivity index (χ4n) is 6.34. The molecule has 6 heteroatoms. The van der Waals surface area contributed by atoms with E-state index in [9.17, 15) is 4.79 Å². The minimum Gasteiger partial charge on any atom is -0.497 e. The Labute approximate surface area is 296 Å². The van der Waals surface area contributed by atoms with Crippen LogP contribution in [0.2, 0.25) is 18.1 Å². The van der Waals surface area contributed by atoms with Crippen molar-refractivity contribution < 1.29 is 23.4 Å². The number of aldehydes is 1. The smallest absolute Gasteiger partial charge is 0.192 e. The van der Waals surface area contributed by atoms with Crippen LogP contribution in [0.15, 0.2) is 115 Å². The summed E-state index contributed by atoms with van der Waals surface area (Å²) in [6.45, 7) is 18.5. The van der Waals surface area contributed by atoms with Crippen LogP contribution >= 0.6 is 0 Å². The topological polar surface area (TPSA) is 54.0 Å². The molecule has 0 N–H and O–H groups in total. The predicted molar refractivity (Wildman–Crippen MR) is 202 cm³/mol. The van der Waals surface area contributed by atoms with E-state index in [-0.39, 0.29) is 35.0 Å². The molecular weight excluding hydrogens is 625 g/mol. The lowest BCUT2D eigenvalue weighted by Crippen LogP contribution is -2.51. The van der Waals surface area contributed by atoms with Crippen LogP contribution in [0.3, 0.4) is 0 Å². The van der Waals surface area contributed by atoms with Crippen molar-refractivity contribution in [2.45, 2.75) is 84.1 Å². The van der Waals surface area contributed by atoms with Crippen molar-refractivity contribution in [1.82, 2.24) is 0 Å². The lowest BCUT2D eigenvalue weighted by molar-refractivity contribution is -0.123. The van der Waals surface area contributed by atoms with Gasteiger partial charge in [0.15, 0.2) is 8.32 Å². The van der Waals surface area contributed by atoms with Crippen molar-refractivity contribution in [2.24, 2.45) is 17.8 Å². The molecule has 0 bridgehead atoms. The highest BCUT2D eigenvalue weighted by atomic mass is 28.4. The Kier molecular flexibility index (Phi) is 13.2. The first-order valence-corrected chi connectivity index (χ1v) is 20.4. The van der Waals surface area contributed by atoms with Crippen molar-refractivity contribution in [3.8, 4) is 5.75 Å². The fraction of sp³-hybridized carbons (Fsp3) is 0.419. The third-order valence-electron chi connectivity index (χ3n) is 10.3. The summed E-state index contributed by atoms with van der Waals surface area (Å²) < 4.78 is 26.6. The molecule has 5 atom stereocenters. The second kappa shape index (κ2) is 16.9. The summed E-state index contributed by atoms with van der Waals surface area (Å²) >= 11 is 0. The van der Waals surface area contributed by atoms with E-state index in [0.29, 0.717) is 13.2 Å². The molecule has 4 aromatic rings.